The van der Waals surface area contributed by atoms with Gasteiger partial charge in [-0.2, -0.15) is 0 Å². The highest BCUT2D eigenvalue weighted by atomic mass is 19.3. The Labute approximate surface area is 185 Å². The molecule has 0 unspecified atom stereocenters. The van der Waals surface area contributed by atoms with Gasteiger partial charge in [0.1, 0.15) is 23.3 Å². The molecular weight excluding hydrogens is 417 g/mol. The maximum Gasteiger partial charge on any atom is 0.266 e. The smallest absolute Gasteiger partial charge is 0.266 e. The minimum absolute atomic E-state index is 0.0402. The average molecular weight is 445 g/mol. The highest BCUT2D eigenvalue weighted by Gasteiger charge is 2.27. The molecule has 0 aliphatic carbocycles. The Balaban J connectivity index is 1.70. The largest absolute Gasteiger partial charge is 0.363 e. The zero-order chi connectivity index (χ0) is 23.0. The number of nitrogens with zero attached hydrogens (tertiary/aromatic N) is 4. The monoisotopic (exact) mass is 444 g/mol. The molecule has 2 aromatic heterocycles. The number of nitrogens with one attached hydrogen (secondary N) is 2. The summed E-state index contributed by atoms with van der Waals surface area (Å²) in [6.45, 7) is 10.2. The number of hydrogen-bond donors (Lipinski definition) is 2. The van der Waals surface area contributed by atoms with Crippen LogP contribution in [0.15, 0.2) is 30.5 Å². The molecule has 0 amide bonds. The minimum Gasteiger partial charge on any atom is -0.363 e. The van der Waals surface area contributed by atoms with Crippen molar-refractivity contribution in [1.29, 1.82) is 0 Å². The first-order valence-corrected chi connectivity index (χ1v) is 10.6. The van der Waals surface area contributed by atoms with Crippen molar-refractivity contribution in [2.24, 2.45) is 0 Å². The Morgan fingerprint density at radius 3 is 2.66 bits per heavy atom. The van der Waals surface area contributed by atoms with Gasteiger partial charge < -0.3 is 15.5 Å². The Hall–Kier alpha value is -2.94. The van der Waals surface area contributed by atoms with Crippen LogP contribution in [0.5, 0.6) is 0 Å². The summed E-state index contributed by atoms with van der Waals surface area (Å²) < 4.78 is 41.0. The second-order valence-corrected chi connectivity index (χ2v) is 8.83. The summed E-state index contributed by atoms with van der Waals surface area (Å²) in [7, 11) is 0. The molecule has 1 fully saturated rings. The van der Waals surface area contributed by atoms with Crippen LogP contribution in [-0.2, 0) is 0 Å². The number of anilines is 2. The zero-order valence-electron chi connectivity index (χ0n) is 18.6. The van der Waals surface area contributed by atoms with E-state index in [2.05, 4.69) is 44.3 Å². The fourth-order valence-electron chi connectivity index (χ4n) is 4.11. The van der Waals surface area contributed by atoms with Gasteiger partial charge in [0, 0.05) is 36.1 Å². The maximum atomic E-state index is 14.7. The van der Waals surface area contributed by atoms with Gasteiger partial charge in [0.15, 0.2) is 0 Å². The Bertz CT molecular complexity index is 1130. The molecule has 0 saturated carbocycles. The van der Waals surface area contributed by atoms with Crippen molar-refractivity contribution in [2.75, 3.05) is 29.9 Å². The van der Waals surface area contributed by atoms with E-state index in [1.807, 2.05) is 6.07 Å². The summed E-state index contributed by atoms with van der Waals surface area (Å²) in [4.78, 5) is 15.8. The first-order chi connectivity index (χ1) is 15.1. The van der Waals surface area contributed by atoms with Gasteiger partial charge in [-0.1, -0.05) is 18.2 Å². The molecule has 170 valence electrons. The van der Waals surface area contributed by atoms with Crippen molar-refractivity contribution in [3.8, 4) is 0 Å². The zero-order valence-corrected chi connectivity index (χ0v) is 18.6. The Morgan fingerprint density at radius 2 is 1.94 bits per heavy atom. The number of alkyl halides is 2. The summed E-state index contributed by atoms with van der Waals surface area (Å²) in [5.41, 5.74) is 0.173. The number of aryl methyl sites for hydroxylation is 1. The molecule has 1 aliphatic rings. The lowest BCUT2D eigenvalue weighted by Crippen LogP contribution is -2.57. The number of piperazine rings is 1. The molecule has 0 spiro atoms. The fourth-order valence-corrected chi connectivity index (χ4v) is 4.11. The summed E-state index contributed by atoms with van der Waals surface area (Å²) in [5, 5.41) is 7.43. The molecule has 1 aliphatic heterocycles. The van der Waals surface area contributed by atoms with E-state index in [9.17, 15) is 13.2 Å². The third kappa shape index (κ3) is 4.48. The van der Waals surface area contributed by atoms with Gasteiger partial charge >= 0.3 is 0 Å². The molecule has 1 aromatic carbocycles. The Morgan fingerprint density at radius 1 is 1.19 bits per heavy atom. The van der Waals surface area contributed by atoms with Gasteiger partial charge in [-0.05, 0) is 33.8 Å². The van der Waals surface area contributed by atoms with E-state index in [4.69, 9.17) is 0 Å². The second kappa shape index (κ2) is 8.54. The molecule has 0 radical (unpaired) electrons. The van der Waals surface area contributed by atoms with Crippen LogP contribution in [0.2, 0.25) is 0 Å². The van der Waals surface area contributed by atoms with Gasteiger partial charge in [-0.25, -0.2) is 28.1 Å². The van der Waals surface area contributed by atoms with E-state index in [0.717, 1.165) is 36.9 Å². The molecule has 0 bridgehead atoms. The lowest BCUT2D eigenvalue weighted by molar-refractivity contribution is 0.146. The van der Waals surface area contributed by atoms with Crippen LogP contribution >= 0.6 is 0 Å². The summed E-state index contributed by atoms with van der Waals surface area (Å²) in [5.74, 6) is 0.954. The lowest BCUT2D eigenvalue weighted by Gasteiger charge is -2.39. The molecule has 6 nitrogen and oxygen atoms in total. The van der Waals surface area contributed by atoms with E-state index in [1.54, 1.807) is 20.0 Å². The topological polar surface area (TPSA) is 66.0 Å². The highest BCUT2D eigenvalue weighted by molar-refractivity contribution is 5.90. The molecule has 3 aromatic rings. The van der Waals surface area contributed by atoms with Crippen molar-refractivity contribution >= 4 is 22.5 Å². The standard InChI is InChI=1S/C23H27F3N6/c1-13(15-6-5-7-16(20(15)24)21(25)26)29-22-17-10-19(27-11-18(17)30-14(2)31-22)32-9-8-28-23(3,4)12-32/h5-7,10-11,13,21,28H,8-9,12H2,1-4H3,(H,29,30,31)/t13-/m1/s1. The first kappa shape index (κ1) is 22.3. The van der Waals surface area contributed by atoms with Gasteiger partial charge in [-0.15, -0.1) is 0 Å². The number of aromatic nitrogens is 3. The molecule has 32 heavy (non-hydrogen) atoms. The van der Waals surface area contributed by atoms with Gasteiger partial charge in [0.25, 0.3) is 6.43 Å². The van der Waals surface area contributed by atoms with E-state index in [0.29, 0.717) is 17.2 Å². The molecule has 3 heterocycles. The van der Waals surface area contributed by atoms with E-state index in [1.165, 1.54) is 12.1 Å². The Kier molecular flexibility index (Phi) is 5.94. The van der Waals surface area contributed by atoms with Crippen LogP contribution in [0, 0.1) is 12.7 Å². The van der Waals surface area contributed by atoms with Gasteiger partial charge in [0.2, 0.25) is 0 Å². The highest BCUT2D eigenvalue weighted by Crippen LogP contribution is 2.31. The molecule has 4 rings (SSSR count). The molecule has 1 saturated heterocycles. The van der Waals surface area contributed by atoms with Crippen LogP contribution in [0.25, 0.3) is 10.9 Å². The lowest BCUT2D eigenvalue weighted by atomic mass is 10.0. The fraction of sp³-hybridized carbons (Fsp3) is 0.435. The van der Waals surface area contributed by atoms with Crippen molar-refractivity contribution in [3.05, 3.63) is 53.2 Å². The van der Waals surface area contributed by atoms with E-state index >= 15 is 0 Å². The number of benzene rings is 1. The number of pyridine rings is 1. The van der Waals surface area contributed by atoms with Crippen LogP contribution in [0.3, 0.4) is 0 Å². The van der Waals surface area contributed by atoms with Crippen LogP contribution in [0.4, 0.5) is 24.8 Å². The van der Waals surface area contributed by atoms with Crippen molar-refractivity contribution in [2.45, 2.75) is 45.7 Å². The quantitative estimate of drug-likeness (QED) is 0.591. The predicted molar refractivity (Wildman–Crippen MR) is 120 cm³/mol. The van der Waals surface area contributed by atoms with Crippen LogP contribution in [-0.4, -0.2) is 40.1 Å². The number of halogens is 3. The van der Waals surface area contributed by atoms with Gasteiger partial charge in [-0.3, -0.25) is 0 Å². The van der Waals surface area contributed by atoms with Crippen LogP contribution in [0.1, 0.15) is 50.2 Å². The molecule has 2 N–H and O–H groups in total. The van der Waals surface area contributed by atoms with Gasteiger partial charge in [0.05, 0.1) is 23.3 Å². The average Bonchev–Trinajstić information content (AvgIpc) is 2.72. The third-order valence-electron chi connectivity index (χ3n) is 5.69. The van der Waals surface area contributed by atoms with Crippen LogP contribution < -0.4 is 15.5 Å². The maximum absolute atomic E-state index is 14.7. The van der Waals surface area contributed by atoms with Crippen molar-refractivity contribution < 1.29 is 13.2 Å². The van der Waals surface area contributed by atoms with E-state index < -0.39 is 23.8 Å². The number of fused-ring (bicyclic) bond motifs is 1. The van der Waals surface area contributed by atoms with Crippen molar-refractivity contribution in [1.82, 2.24) is 20.3 Å². The molecule has 1 atom stereocenters. The SMILES string of the molecule is Cc1nc(N[C@H](C)c2cccc(C(F)F)c2F)c2cc(N3CCNC(C)(C)C3)ncc2n1. The summed E-state index contributed by atoms with van der Waals surface area (Å²) in [6.07, 6.45) is -1.16. The third-order valence-corrected chi connectivity index (χ3v) is 5.69. The summed E-state index contributed by atoms with van der Waals surface area (Å²) in [6, 6.07) is 5.39. The normalized spacial score (nSPS) is 17.1. The molecule has 9 heteroatoms. The molecular formula is C23H27F3N6. The summed E-state index contributed by atoms with van der Waals surface area (Å²) >= 11 is 0. The number of rotatable bonds is 5. The number of hydrogen-bond acceptors (Lipinski definition) is 6. The minimum atomic E-state index is -2.87. The predicted octanol–water partition coefficient (Wildman–Crippen LogP) is 4.77. The van der Waals surface area contributed by atoms with E-state index in [-0.39, 0.29) is 11.1 Å². The van der Waals surface area contributed by atoms with Crippen molar-refractivity contribution in [3.63, 3.8) is 0 Å². The second-order valence-electron chi connectivity index (χ2n) is 8.83. The first-order valence-electron chi connectivity index (χ1n) is 10.6.